The second-order valence-electron chi connectivity index (χ2n) is 6.09. The monoisotopic (exact) mass is 268 g/mol. The van der Waals surface area contributed by atoms with Gasteiger partial charge in [-0.25, -0.2) is 0 Å². The maximum atomic E-state index is 9.39. The number of hydrogen-bond acceptors (Lipinski definition) is 2. The Morgan fingerprint density at radius 2 is 1.75 bits per heavy atom. The molecule has 106 valence electrons. The van der Waals surface area contributed by atoms with Crippen LogP contribution in [0, 0.1) is 24.2 Å². The van der Waals surface area contributed by atoms with Crippen LogP contribution in [0.25, 0.3) is 5.57 Å². The molecule has 0 spiro atoms. The van der Waals surface area contributed by atoms with Crippen LogP contribution in [0.5, 0.6) is 0 Å². The van der Waals surface area contributed by atoms with Gasteiger partial charge in [0.2, 0.25) is 0 Å². The Morgan fingerprint density at radius 3 is 2.25 bits per heavy atom. The highest BCUT2D eigenvalue weighted by atomic mass is 15.1. The predicted octanol–water partition coefficient (Wildman–Crippen LogP) is 4.02. The van der Waals surface area contributed by atoms with E-state index >= 15 is 0 Å². The molecule has 2 heteroatoms. The van der Waals surface area contributed by atoms with Gasteiger partial charge in [0.05, 0.1) is 11.6 Å². The lowest BCUT2D eigenvalue weighted by Gasteiger charge is -2.31. The fourth-order valence-electron chi connectivity index (χ4n) is 2.95. The molecule has 20 heavy (non-hydrogen) atoms. The molecule has 0 aliphatic heterocycles. The molecule has 2 rings (SSSR count). The number of rotatable bonds is 3. The van der Waals surface area contributed by atoms with Crippen molar-refractivity contribution < 1.29 is 0 Å². The average molecular weight is 268 g/mol. The van der Waals surface area contributed by atoms with E-state index in [4.69, 9.17) is 0 Å². The molecule has 0 saturated heterocycles. The second kappa shape index (κ2) is 6.72. The Hall–Kier alpha value is -1.59. The minimum Gasteiger partial charge on any atom is -0.306 e. The van der Waals surface area contributed by atoms with Crippen molar-refractivity contribution in [2.45, 2.75) is 38.6 Å². The third-order valence-electron chi connectivity index (χ3n) is 4.36. The number of allylic oxidation sites excluding steroid dienone is 2. The van der Waals surface area contributed by atoms with Crippen molar-refractivity contribution in [1.29, 1.82) is 5.26 Å². The molecule has 0 atom stereocenters. The summed E-state index contributed by atoms with van der Waals surface area (Å²) in [5.74, 6) is 0.558. The number of nitrogens with zero attached hydrogens (tertiary/aromatic N) is 2. The minimum atomic E-state index is 0.558. The third kappa shape index (κ3) is 3.71. The lowest BCUT2D eigenvalue weighted by molar-refractivity contribution is 0.209. The van der Waals surface area contributed by atoms with Crippen LogP contribution in [-0.4, -0.2) is 25.0 Å². The number of nitriles is 1. The summed E-state index contributed by atoms with van der Waals surface area (Å²) in [5.41, 5.74) is 3.11. The zero-order valence-corrected chi connectivity index (χ0v) is 12.8. The first-order valence-corrected chi connectivity index (χ1v) is 7.45. The molecule has 1 saturated carbocycles. The van der Waals surface area contributed by atoms with Crippen molar-refractivity contribution in [1.82, 2.24) is 4.90 Å². The Balaban J connectivity index is 2.06. The highest BCUT2D eigenvalue weighted by Gasteiger charge is 2.21. The lowest BCUT2D eigenvalue weighted by atomic mass is 9.84. The van der Waals surface area contributed by atoms with Gasteiger partial charge in [0.15, 0.2) is 0 Å². The van der Waals surface area contributed by atoms with Gasteiger partial charge in [0.1, 0.15) is 0 Å². The fourth-order valence-corrected chi connectivity index (χ4v) is 2.95. The first-order chi connectivity index (χ1) is 9.60. The molecule has 1 aliphatic carbocycles. The zero-order valence-electron chi connectivity index (χ0n) is 12.8. The SMILES string of the molecule is Cc1ccc(/C(C#N)=C\C2CCC(N(C)C)CC2)cc1. The predicted molar refractivity (Wildman–Crippen MR) is 84.2 cm³/mol. The van der Waals surface area contributed by atoms with Gasteiger partial charge >= 0.3 is 0 Å². The summed E-state index contributed by atoms with van der Waals surface area (Å²) in [6.45, 7) is 2.07. The van der Waals surface area contributed by atoms with E-state index in [0.717, 1.165) is 11.1 Å². The summed E-state index contributed by atoms with van der Waals surface area (Å²) in [6, 6.07) is 11.3. The molecule has 0 N–H and O–H groups in total. The highest BCUT2D eigenvalue weighted by molar-refractivity contribution is 5.76. The lowest BCUT2D eigenvalue weighted by Crippen LogP contribution is -2.31. The maximum Gasteiger partial charge on any atom is 0.0994 e. The van der Waals surface area contributed by atoms with E-state index < -0.39 is 0 Å². The summed E-state index contributed by atoms with van der Waals surface area (Å²) < 4.78 is 0. The Kier molecular flexibility index (Phi) is 4.98. The molecule has 0 amide bonds. The van der Waals surface area contributed by atoms with Crippen molar-refractivity contribution >= 4 is 5.57 Å². The highest BCUT2D eigenvalue weighted by Crippen LogP contribution is 2.29. The van der Waals surface area contributed by atoms with Crippen LogP contribution < -0.4 is 0 Å². The molecule has 2 nitrogen and oxygen atoms in total. The van der Waals surface area contributed by atoms with Gasteiger partial charge in [-0.1, -0.05) is 35.9 Å². The van der Waals surface area contributed by atoms with Crippen molar-refractivity contribution in [2.75, 3.05) is 14.1 Å². The van der Waals surface area contributed by atoms with Crippen LogP contribution in [0.3, 0.4) is 0 Å². The van der Waals surface area contributed by atoms with Crippen molar-refractivity contribution in [3.05, 3.63) is 41.5 Å². The maximum absolute atomic E-state index is 9.39. The van der Waals surface area contributed by atoms with Gasteiger partial charge in [-0.05, 0) is 58.2 Å². The summed E-state index contributed by atoms with van der Waals surface area (Å²) in [6.07, 6.45) is 7.05. The van der Waals surface area contributed by atoms with Crippen LogP contribution in [0.2, 0.25) is 0 Å². The van der Waals surface area contributed by atoms with E-state index in [0.29, 0.717) is 12.0 Å². The van der Waals surface area contributed by atoms with Crippen LogP contribution in [0.15, 0.2) is 30.3 Å². The molecule has 0 heterocycles. The molecular formula is C18H24N2. The van der Waals surface area contributed by atoms with Crippen LogP contribution in [-0.2, 0) is 0 Å². The van der Waals surface area contributed by atoms with Gasteiger partial charge in [-0.3, -0.25) is 0 Å². The fraction of sp³-hybridized carbons (Fsp3) is 0.500. The first-order valence-electron chi connectivity index (χ1n) is 7.45. The number of hydrogen-bond donors (Lipinski definition) is 0. The molecule has 0 radical (unpaired) electrons. The normalized spacial score (nSPS) is 23.6. The van der Waals surface area contributed by atoms with Crippen LogP contribution in [0.1, 0.15) is 36.8 Å². The smallest absolute Gasteiger partial charge is 0.0994 e. The Labute approximate surface area is 122 Å². The summed E-state index contributed by atoms with van der Waals surface area (Å²) in [7, 11) is 4.32. The van der Waals surface area contributed by atoms with Gasteiger partial charge in [-0.15, -0.1) is 0 Å². The molecule has 0 bridgehead atoms. The zero-order chi connectivity index (χ0) is 14.5. The summed E-state index contributed by atoms with van der Waals surface area (Å²) in [4.78, 5) is 2.32. The van der Waals surface area contributed by atoms with E-state index in [1.54, 1.807) is 0 Å². The molecular weight excluding hydrogens is 244 g/mol. The van der Waals surface area contributed by atoms with Crippen LogP contribution >= 0.6 is 0 Å². The van der Waals surface area contributed by atoms with E-state index in [1.165, 1.54) is 31.2 Å². The van der Waals surface area contributed by atoms with Gasteiger partial charge in [0, 0.05) is 6.04 Å². The Bertz CT molecular complexity index is 497. The van der Waals surface area contributed by atoms with Crippen LogP contribution in [0.4, 0.5) is 0 Å². The second-order valence-corrected chi connectivity index (χ2v) is 6.09. The topological polar surface area (TPSA) is 27.0 Å². The molecule has 0 unspecified atom stereocenters. The van der Waals surface area contributed by atoms with Gasteiger partial charge in [0.25, 0.3) is 0 Å². The van der Waals surface area contributed by atoms with E-state index in [-0.39, 0.29) is 0 Å². The third-order valence-corrected chi connectivity index (χ3v) is 4.36. The standard InChI is InChI=1S/C18H24N2/c1-14-4-8-16(9-5-14)17(13-19)12-15-6-10-18(11-7-15)20(2)3/h4-5,8-9,12,15,18H,6-7,10-11H2,1-3H3/b17-12-. The number of benzene rings is 1. The van der Waals surface area contributed by atoms with Crippen molar-refractivity contribution in [3.63, 3.8) is 0 Å². The molecule has 1 fully saturated rings. The largest absolute Gasteiger partial charge is 0.306 e. The Morgan fingerprint density at radius 1 is 1.15 bits per heavy atom. The van der Waals surface area contributed by atoms with E-state index in [9.17, 15) is 5.26 Å². The first kappa shape index (κ1) is 14.8. The van der Waals surface area contributed by atoms with E-state index in [2.05, 4.69) is 62.3 Å². The molecule has 1 aromatic rings. The number of aryl methyl sites for hydroxylation is 1. The van der Waals surface area contributed by atoms with Gasteiger partial charge < -0.3 is 4.90 Å². The molecule has 1 aromatic carbocycles. The summed E-state index contributed by atoms with van der Waals surface area (Å²) in [5, 5.41) is 9.39. The molecule has 0 aromatic heterocycles. The average Bonchev–Trinajstić information content (AvgIpc) is 2.46. The van der Waals surface area contributed by atoms with Gasteiger partial charge in [-0.2, -0.15) is 5.26 Å². The van der Waals surface area contributed by atoms with E-state index in [1.807, 2.05) is 0 Å². The quantitative estimate of drug-likeness (QED) is 0.774. The van der Waals surface area contributed by atoms with Crippen molar-refractivity contribution in [2.24, 2.45) is 5.92 Å². The molecule has 1 aliphatic rings. The minimum absolute atomic E-state index is 0.558. The van der Waals surface area contributed by atoms with Crippen molar-refractivity contribution in [3.8, 4) is 6.07 Å². The summed E-state index contributed by atoms with van der Waals surface area (Å²) >= 11 is 0.